The maximum atomic E-state index is 8.63. The molecule has 1 aromatic rings. The van der Waals surface area contributed by atoms with E-state index in [-0.39, 0.29) is 0 Å². The molecule has 3 heteroatoms. The lowest BCUT2D eigenvalue weighted by Gasteiger charge is -2.20. The minimum atomic E-state index is 0.482. The van der Waals surface area contributed by atoms with Gasteiger partial charge in [0.25, 0.3) is 0 Å². The number of aryl methyl sites for hydroxylation is 1. The van der Waals surface area contributed by atoms with Gasteiger partial charge in [-0.1, -0.05) is 19.8 Å². The molecule has 15 heavy (non-hydrogen) atoms. The number of nitrogens with zero attached hydrogens (tertiary/aromatic N) is 2. The van der Waals surface area contributed by atoms with E-state index in [2.05, 4.69) is 18.0 Å². The van der Waals surface area contributed by atoms with E-state index in [1.54, 1.807) is 11.3 Å². The molecule has 1 aliphatic rings. The summed E-state index contributed by atoms with van der Waals surface area (Å²) in [6.45, 7) is 2.25. The predicted octanol–water partition coefficient (Wildman–Crippen LogP) is 3.11. The Hall–Kier alpha value is -0.880. The second-order valence-electron chi connectivity index (χ2n) is 4.21. The quantitative estimate of drug-likeness (QED) is 0.784. The molecule has 0 fully saturated rings. The van der Waals surface area contributed by atoms with Crippen LogP contribution in [0.1, 0.15) is 41.8 Å². The Morgan fingerprint density at radius 1 is 1.60 bits per heavy atom. The van der Waals surface area contributed by atoms with Crippen molar-refractivity contribution < 1.29 is 0 Å². The molecule has 0 radical (unpaired) electrons. The van der Waals surface area contributed by atoms with Gasteiger partial charge in [-0.05, 0) is 25.2 Å². The van der Waals surface area contributed by atoms with Crippen molar-refractivity contribution in [1.82, 2.24) is 4.98 Å². The molecule has 0 aliphatic heterocycles. The summed E-state index contributed by atoms with van der Waals surface area (Å²) in [6.07, 6.45) is 6.72. The van der Waals surface area contributed by atoms with Gasteiger partial charge in [0, 0.05) is 4.88 Å². The zero-order valence-corrected chi connectivity index (χ0v) is 9.94. The average molecular weight is 220 g/mol. The highest BCUT2D eigenvalue weighted by Crippen LogP contribution is 2.32. The van der Waals surface area contributed by atoms with E-state index in [1.807, 2.05) is 0 Å². The summed E-state index contributed by atoms with van der Waals surface area (Å²) in [5, 5.41) is 9.65. The summed E-state index contributed by atoms with van der Waals surface area (Å²) in [4.78, 5) is 5.98. The van der Waals surface area contributed by atoms with Crippen LogP contribution in [-0.4, -0.2) is 4.98 Å². The summed E-state index contributed by atoms with van der Waals surface area (Å²) in [6, 6.07) is 2.18. The highest BCUT2D eigenvalue weighted by Gasteiger charge is 2.21. The summed E-state index contributed by atoms with van der Waals surface area (Å²) in [5.41, 5.74) is 1.28. The third-order valence-corrected chi connectivity index (χ3v) is 4.13. The number of aromatic nitrogens is 1. The Morgan fingerprint density at radius 2 is 2.47 bits per heavy atom. The molecule has 1 heterocycles. The molecule has 0 saturated carbocycles. The molecule has 0 bridgehead atoms. The lowest BCUT2D eigenvalue weighted by molar-refractivity contribution is 0.423. The predicted molar refractivity (Wildman–Crippen MR) is 61.9 cm³/mol. The van der Waals surface area contributed by atoms with E-state index in [0.717, 1.165) is 17.3 Å². The summed E-state index contributed by atoms with van der Waals surface area (Å²) < 4.78 is 0. The van der Waals surface area contributed by atoms with Crippen molar-refractivity contribution in [3.8, 4) is 6.07 Å². The van der Waals surface area contributed by atoms with Gasteiger partial charge in [0.05, 0.1) is 18.2 Å². The second-order valence-corrected chi connectivity index (χ2v) is 5.38. The molecule has 1 unspecified atom stereocenters. The largest absolute Gasteiger partial charge is 0.245 e. The molecule has 1 aromatic heterocycles. The van der Waals surface area contributed by atoms with E-state index in [0.29, 0.717) is 6.42 Å². The van der Waals surface area contributed by atoms with Gasteiger partial charge in [-0.25, -0.2) is 4.98 Å². The fraction of sp³-hybridized carbons (Fsp3) is 0.667. The van der Waals surface area contributed by atoms with E-state index in [1.165, 1.54) is 36.3 Å². The molecular weight excluding hydrogens is 204 g/mol. The van der Waals surface area contributed by atoms with Gasteiger partial charge in [0.15, 0.2) is 0 Å². The van der Waals surface area contributed by atoms with Crippen molar-refractivity contribution in [3.63, 3.8) is 0 Å². The Balaban J connectivity index is 2.09. The first-order chi connectivity index (χ1) is 7.33. The maximum Gasteiger partial charge on any atom is 0.107 e. The third kappa shape index (κ3) is 2.38. The lowest BCUT2D eigenvalue weighted by Crippen LogP contribution is -2.12. The summed E-state index contributed by atoms with van der Waals surface area (Å²) in [7, 11) is 0. The Bertz CT molecular complexity index is 375. The van der Waals surface area contributed by atoms with E-state index in [9.17, 15) is 0 Å². The van der Waals surface area contributed by atoms with E-state index >= 15 is 0 Å². The van der Waals surface area contributed by atoms with Crippen molar-refractivity contribution in [2.24, 2.45) is 5.92 Å². The average Bonchev–Trinajstić information content (AvgIpc) is 2.60. The fourth-order valence-corrected chi connectivity index (χ4v) is 3.46. The van der Waals surface area contributed by atoms with Crippen LogP contribution in [-0.2, 0) is 19.3 Å². The van der Waals surface area contributed by atoms with Gasteiger partial charge in [-0.3, -0.25) is 0 Å². The van der Waals surface area contributed by atoms with E-state index in [4.69, 9.17) is 5.26 Å². The van der Waals surface area contributed by atoms with Gasteiger partial charge >= 0.3 is 0 Å². The zero-order valence-electron chi connectivity index (χ0n) is 9.12. The topological polar surface area (TPSA) is 36.7 Å². The number of hydrogen-bond acceptors (Lipinski definition) is 3. The summed E-state index contributed by atoms with van der Waals surface area (Å²) >= 11 is 1.76. The van der Waals surface area contributed by atoms with Crippen LogP contribution in [0.3, 0.4) is 0 Å². The van der Waals surface area contributed by atoms with Crippen LogP contribution in [0, 0.1) is 17.2 Å². The van der Waals surface area contributed by atoms with Crippen molar-refractivity contribution in [2.45, 2.75) is 45.4 Å². The smallest absolute Gasteiger partial charge is 0.107 e. The van der Waals surface area contributed by atoms with Crippen LogP contribution in [0.25, 0.3) is 0 Å². The first kappa shape index (κ1) is 10.6. The molecule has 2 rings (SSSR count). The lowest BCUT2D eigenvalue weighted by atomic mass is 9.88. The van der Waals surface area contributed by atoms with Crippen LogP contribution in [0.2, 0.25) is 0 Å². The minimum Gasteiger partial charge on any atom is -0.245 e. The first-order valence-electron chi connectivity index (χ1n) is 5.68. The molecular formula is C12H16N2S. The number of rotatable bonds is 3. The molecule has 2 nitrogen and oxygen atoms in total. The van der Waals surface area contributed by atoms with Gasteiger partial charge in [0.1, 0.15) is 5.01 Å². The van der Waals surface area contributed by atoms with Gasteiger partial charge in [-0.2, -0.15) is 5.26 Å². The maximum absolute atomic E-state index is 8.63. The highest BCUT2D eigenvalue weighted by atomic mass is 32.1. The number of nitriles is 1. The molecule has 1 atom stereocenters. The van der Waals surface area contributed by atoms with Gasteiger partial charge in [0.2, 0.25) is 0 Å². The fourth-order valence-electron chi connectivity index (χ4n) is 2.29. The molecule has 80 valence electrons. The zero-order chi connectivity index (χ0) is 10.7. The SMILES string of the molecule is CCCC1CCc2nc(CC#N)sc2C1. The molecule has 0 saturated heterocycles. The van der Waals surface area contributed by atoms with Gasteiger partial charge < -0.3 is 0 Å². The van der Waals surface area contributed by atoms with Crippen LogP contribution in [0.4, 0.5) is 0 Å². The number of hydrogen-bond donors (Lipinski definition) is 0. The Labute approximate surface area is 95.0 Å². The van der Waals surface area contributed by atoms with Crippen LogP contribution in [0.15, 0.2) is 0 Å². The first-order valence-corrected chi connectivity index (χ1v) is 6.49. The molecule has 0 aromatic carbocycles. The van der Waals surface area contributed by atoms with Gasteiger partial charge in [-0.15, -0.1) is 11.3 Å². The number of thiazole rings is 1. The van der Waals surface area contributed by atoms with Crippen LogP contribution >= 0.6 is 11.3 Å². The standard InChI is InChI=1S/C12H16N2S/c1-2-3-9-4-5-10-11(8-9)15-12(14-10)6-7-13/h9H,2-6,8H2,1H3. The van der Waals surface area contributed by atoms with Crippen molar-refractivity contribution in [2.75, 3.05) is 0 Å². The normalized spacial score (nSPS) is 19.6. The minimum absolute atomic E-state index is 0.482. The molecule has 1 aliphatic carbocycles. The highest BCUT2D eigenvalue weighted by molar-refractivity contribution is 7.11. The molecule has 0 spiro atoms. The summed E-state index contributed by atoms with van der Waals surface area (Å²) in [5.74, 6) is 0.859. The van der Waals surface area contributed by atoms with Crippen molar-refractivity contribution in [3.05, 3.63) is 15.6 Å². The van der Waals surface area contributed by atoms with Crippen molar-refractivity contribution >= 4 is 11.3 Å². The van der Waals surface area contributed by atoms with Crippen LogP contribution < -0.4 is 0 Å². The molecule has 0 N–H and O–H groups in total. The number of fused-ring (bicyclic) bond motifs is 1. The third-order valence-electron chi connectivity index (χ3n) is 3.01. The van der Waals surface area contributed by atoms with E-state index < -0.39 is 0 Å². The van der Waals surface area contributed by atoms with Crippen molar-refractivity contribution in [1.29, 1.82) is 5.26 Å². The monoisotopic (exact) mass is 220 g/mol. The second kappa shape index (κ2) is 4.76. The van der Waals surface area contributed by atoms with Crippen LogP contribution in [0.5, 0.6) is 0 Å². The Kier molecular flexibility index (Phi) is 3.37. The molecule has 0 amide bonds. The Morgan fingerprint density at radius 3 is 3.20 bits per heavy atom.